The smallest absolute Gasteiger partial charge is 0.349 e. The van der Waals surface area contributed by atoms with Crippen molar-refractivity contribution < 1.29 is 19.1 Å². The van der Waals surface area contributed by atoms with Gasteiger partial charge in [0.15, 0.2) is 3.92 Å². The van der Waals surface area contributed by atoms with Crippen LogP contribution in [0.15, 0.2) is 22.9 Å². The average Bonchev–Trinajstić information content (AvgIpc) is 3.15. The molecule has 2 aromatic rings. The van der Waals surface area contributed by atoms with E-state index in [1.54, 1.807) is 6.08 Å². The lowest BCUT2D eigenvalue weighted by Gasteiger charge is -1.89. The van der Waals surface area contributed by atoms with Crippen molar-refractivity contribution >= 4 is 56.6 Å². The van der Waals surface area contributed by atoms with Crippen LogP contribution in [-0.4, -0.2) is 36.1 Å². The molecule has 0 N–H and O–H groups in total. The van der Waals surface area contributed by atoms with Gasteiger partial charge in [-0.2, -0.15) is 0 Å². The molecular formula is C12H11BrN2O4S2. The highest BCUT2D eigenvalue weighted by Gasteiger charge is 2.08. The Kier molecular flexibility index (Phi) is 7.20. The molecule has 0 aliphatic carbocycles. The number of ether oxygens (including phenoxy) is 2. The minimum Gasteiger partial charge on any atom is -0.465 e. The third-order valence-corrected chi connectivity index (χ3v) is 4.38. The fourth-order valence-electron chi connectivity index (χ4n) is 1.02. The SMILES string of the molecule is C=Cc1ncc(C(=O)OC)s1.COC(=O)c1cnc(Br)s1. The summed E-state index contributed by atoms with van der Waals surface area (Å²) >= 11 is 5.64. The van der Waals surface area contributed by atoms with Crippen molar-refractivity contribution in [3.8, 4) is 0 Å². The number of rotatable bonds is 3. The summed E-state index contributed by atoms with van der Waals surface area (Å²) in [6.45, 7) is 3.53. The molecule has 0 fully saturated rings. The molecule has 9 heteroatoms. The van der Waals surface area contributed by atoms with E-state index < -0.39 is 0 Å². The van der Waals surface area contributed by atoms with E-state index in [2.05, 4.69) is 42.0 Å². The Morgan fingerprint density at radius 2 is 1.67 bits per heavy atom. The van der Waals surface area contributed by atoms with Gasteiger partial charge < -0.3 is 9.47 Å². The number of carbonyl (C=O) groups excluding carboxylic acids is 2. The van der Waals surface area contributed by atoms with Crippen molar-refractivity contribution in [2.24, 2.45) is 0 Å². The lowest BCUT2D eigenvalue weighted by molar-refractivity contribution is 0.0597. The molecule has 0 bridgehead atoms. The van der Waals surface area contributed by atoms with Gasteiger partial charge in [-0.15, -0.1) is 22.7 Å². The second kappa shape index (κ2) is 8.65. The van der Waals surface area contributed by atoms with Crippen molar-refractivity contribution in [3.63, 3.8) is 0 Å². The molecule has 0 unspecified atom stereocenters. The lowest BCUT2D eigenvalue weighted by Crippen LogP contribution is -1.96. The summed E-state index contributed by atoms with van der Waals surface area (Å²) in [5.74, 6) is -0.696. The molecule has 0 aromatic carbocycles. The summed E-state index contributed by atoms with van der Waals surface area (Å²) in [6.07, 6.45) is 4.55. The molecule has 6 nitrogen and oxygen atoms in total. The zero-order valence-corrected chi connectivity index (χ0v) is 14.4. The number of aromatic nitrogens is 2. The first-order valence-electron chi connectivity index (χ1n) is 5.38. The first kappa shape index (κ1) is 17.5. The molecule has 0 saturated heterocycles. The molecule has 0 aliphatic rings. The number of hydrogen-bond donors (Lipinski definition) is 0. The fraction of sp³-hybridized carbons (Fsp3) is 0.167. The van der Waals surface area contributed by atoms with Gasteiger partial charge in [-0.25, -0.2) is 19.6 Å². The topological polar surface area (TPSA) is 78.4 Å². The van der Waals surface area contributed by atoms with Crippen molar-refractivity contribution in [1.29, 1.82) is 0 Å². The predicted molar refractivity (Wildman–Crippen MR) is 84.7 cm³/mol. The monoisotopic (exact) mass is 390 g/mol. The van der Waals surface area contributed by atoms with Crippen LogP contribution in [0.3, 0.4) is 0 Å². The van der Waals surface area contributed by atoms with Gasteiger partial charge in [0.25, 0.3) is 0 Å². The van der Waals surface area contributed by atoms with Gasteiger partial charge in [0.1, 0.15) is 14.8 Å². The van der Waals surface area contributed by atoms with E-state index in [-0.39, 0.29) is 11.9 Å². The Bertz CT molecular complexity index is 639. The Labute approximate surface area is 137 Å². The van der Waals surface area contributed by atoms with Crippen LogP contribution in [0.2, 0.25) is 0 Å². The number of esters is 2. The van der Waals surface area contributed by atoms with Crippen LogP contribution in [0.5, 0.6) is 0 Å². The highest BCUT2D eigenvalue weighted by molar-refractivity contribution is 9.11. The van der Waals surface area contributed by atoms with E-state index in [0.717, 1.165) is 5.01 Å². The minimum atomic E-state index is -0.351. The van der Waals surface area contributed by atoms with Crippen molar-refractivity contribution in [2.45, 2.75) is 0 Å². The molecule has 21 heavy (non-hydrogen) atoms. The van der Waals surface area contributed by atoms with E-state index >= 15 is 0 Å². The van der Waals surface area contributed by atoms with Crippen LogP contribution >= 0.6 is 38.6 Å². The molecule has 2 heterocycles. The highest BCUT2D eigenvalue weighted by Crippen LogP contribution is 2.18. The molecule has 2 rings (SSSR count). The number of halogens is 1. The largest absolute Gasteiger partial charge is 0.465 e. The maximum absolute atomic E-state index is 10.9. The number of methoxy groups -OCH3 is 2. The summed E-state index contributed by atoms with van der Waals surface area (Å²) < 4.78 is 9.64. The summed E-state index contributed by atoms with van der Waals surface area (Å²) in [4.78, 5) is 30.3. The second-order valence-corrected chi connectivity index (χ2v) is 6.60. The first-order valence-corrected chi connectivity index (χ1v) is 7.80. The van der Waals surface area contributed by atoms with Crippen molar-refractivity contribution in [3.05, 3.63) is 37.7 Å². The molecule has 0 atom stereocenters. The van der Waals surface area contributed by atoms with E-state index in [1.807, 2.05) is 0 Å². The molecule has 2 aromatic heterocycles. The second-order valence-electron chi connectivity index (χ2n) is 3.23. The Morgan fingerprint density at radius 3 is 2.05 bits per heavy atom. The number of hydrogen-bond acceptors (Lipinski definition) is 8. The summed E-state index contributed by atoms with van der Waals surface area (Å²) in [5, 5.41) is 0.727. The minimum absolute atomic E-state index is 0.344. The van der Waals surface area contributed by atoms with Gasteiger partial charge in [0, 0.05) is 0 Å². The van der Waals surface area contributed by atoms with Crippen LogP contribution in [0.25, 0.3) is 6.08 Å². The van der Waals surface area contributed by atoms with Crippen molar-refractivity contribution in [2.75, 3.05) is 14.2 Å². The quantitative estimate of drug-likeness (QED) is 0.748. The standard InChI is InChI=1S/C7H7NO2S.C5H4BrNO2S/c1-3-6-8-4-5(11-6)7(9)10-2;1-9-4(8)3-2-7-5(6)10-3/h3-4H,1H2,2H3;2H,1H3. The van der Waals surface area contributed by atoms with Gasteiger partial charge in [0.05, 0.1) is 26.6 Å². The van der Waals surface area contributed by atoms with E-state index in [1.165, 1.54) is 49.3 Å². The maximum atomic E-state index is 10.9. The number of carbonyl (C=O) groups is 2. The zero-order valence-electron chi connectivity index (χ0n) is 11.2. The summed E-state index contributed by atoms with van der Waals surface area (Å²) in [7, 11) is 2.69. The van der Waals surface area contributed by atoms with E-state index in [4.69, 9.17) is 0 Å². The summed E-state index contributed by atoms with van der Waals surface area (Å²) in [6, 6.07) is 0. The Balaban J connectivity index is 0.000000211. The van der Waals surface area contributed by atoms with E-state index in [9.17, 15) is 9.59 Å². The third-order valence-electron chi connectivity index (χ3n) is 1.95. The van der Waals surface area contributed by atoms with Gasteiger partial charge in [0.2, 0.25) is 0 Å². The average molecular weight is 391 g/mol. The van der Waals surface area contributed by atoms with Crippen LogP contribution < -0.4 is 0 Å². The van der Waals surface area contributed by atoms with E-state index in [0.29, 0.717) is 13.7 Å². The predicted octanol–water partition coefficient (Wildman–Crippen LogP) is 3.26. The zero-order chi connectivity index (χ0) is 15.8. The first-order chi connectivity index (χ1) is 10.0. The van der Waals surface area contributed by atoms with Gasteiger partial charge >= 0.3 is 11.9 Å². The van der Waals surface area contributed by atoms with Gasteiger partial charge in [-0.05, 0) is 22.0 Å². The molecule has 0 amide bonds. The molecule has 112 valence electrons. The molecule has 0 spiro atoms. The lowest BCUT2D eigenvalue weighted by atomic mass is 10.6. The highest BCUT2D eigenvalue weighted by atomic mass is 79.9. The molecular weight excluding hydrogens is 380 g/mol. The van der Waals surface area contributed by atoms with Crippen molar-refractivity contribution in [1.82, 2.24) is 9.97 Å². The van der Waals surface area contributed by atoms with Crippen LogP contribution in [-0.2, 0) is 9.47 Å². The molecule has 0 radical (unpaired) electrons. The fourth-order valence-corrected chi connectivity index (χ4v) is 2.90. The molecule has 0 aliphatic heterocycles. The van der Waals surface area contributed by atoms with Gasteiger partial charge in [-0.3, -0.25) is 0 Å². The van der Waals surface area contributed by atoms with Crippen LogP contribution in [0, 0.1) is 0 Å². The van der Waals surface area contributed by atoms with Crippen LogP contribution in [0.1, 0.15) is 24.4 Å². The third kappa shape index (κ3) is 5.37. The maximum Gasteiger partial charge on any atom is 0.349 e. The molecule has 0 saturated carbocycles. The Morgan fingerprint density at radius 1 is 1.14 bits per heavy atom. The number of thiazole rings is 2. The normalized spacial score (nSPS) is 9.29. The van der Waals surface area contributed by atoms with Gasteiger partial charge in [-0.1, -0.05) is 6.58 Å². The number of nitrogens with zero attached hydrogens (tertiary/aromatic N) is 2. The summed E-state index contributed by atoms with van der Waals surface area (Å²) in [5.41, 5.74) is 0. The van der Waals surface area contributed by atoms with Crippen LogP contribution in [0.4, 0.5) is 0 Å². The Hall–Kier alpha value is -1.58.